The van der Waals surface area contributed by atoms with E-state index in [0.717, 1.165) is 23.8 Å². The first-order chi connectivity index (χ1) is 12.8. The highest BCUT2D eigenvalue weighted by atomic mass is 32.1. The van der Waals surface area contributed by atoms with Crippen molar-refractivity contribution in [3.05, 3.63) is 52.2 Å². The van der Waals surface area contributed by atoms with E-state index in [1.54, 1.807) is 13.0 Å². The zero-order valence-electron chi connectivity index (χ0n) is 14.7. The second kappa shape index (κ2) is 7.48. The van der Waals surface area contributed by atoms with E-state index in [-0.39, 0.29) is 17.9 Å². The number of anilines is 1. The minimum absolute atomic E-state index is 0.105. The van der Waals surface area contributed by atoms with Gasteiger partial charge in [0.05, 0.1) is 21.8 Å². The first-order valence-electron chi connectivity index (χ1n) is 8.50. The Kier molecular flexibility index (Phi) is 5.27. The highest BCUT2D eigenvalue weighted by molar-refractivity contribution is 7.18. The van der Waals surface area contributed by atoms with Crippen molar-refractivity contribution < 1.29 is 23.9 Å². The molecule has 0 spiro atoms. The van der Waals surface area contributed by atoms with Crippen molar-refractivity contribution >= 4 is 34.1 Å². The van der Waals surface area contributed by atoms with Crippen LogP contribution in [0.15, 0.2) is 30.3 Å². The third-order valence-corrected chi connectivity index (χ3v) is 5.78. The average molecular weight is 390 g/mol. The molecule has 1 aliphatic carbocycles. The van der Waals surface area contributed by atoms with Crippen LogP contribution in [0.25, 0.3) is 0 Å². The number of hydrogen-bond acceptors (Lipinski definition) is 4. The van der Waals surface area contributed by atoms with Crippen LogP contribution in [0.3, 0.4) is 0 Å². The van der Waals surface area contributed by atoms with Gasteiger partial charge in [0.1, 0.15) is 5.82 Å². The van der Waals surface area contributed by atoms with Crippen molar-refractivity contribution in [2.24, 2.45) is 0 Å². The molecule has 142 valence electrons. The number of carboxylic acids is 1. The van der Waals surface area contributed by atoms with E-state index in [9.17, 15) is 18.8 Å². The molecule has 0 unspecified atom stereocenters. The summed E-state index contributed by atoms with van der Waals surface area (Å²) in [7, 11) is 0. The van der Waals surface area contributed by atoms with Crippen LogP contribution in [0, 0.1) is 12.7 Å². The summed E-state index contributed by atoms with van der Waals surface area (Å²) < 4.78 is 13.3. The number of hydrogen-bond donors (Lipinski definition) is 3. The van der Waals surface area contributed by atoms with Crippen LogP contribution in [0.2, 0.25) is 0 Å². The Morgan fingerprint density at radius 1 is 1.22 bits per heavy atom. The highest BCUT2D eigenvalue weighted by Crippen LogP contribution is 2.36. The molecule has 1 heterocycles. The summed E-state index contributed by atoms with van der Waals surface area (Å²) in [6.45, 7) is 1.74. The Balaban J connectivity index is 1.71. The molecule has 27 heavy (non-hydrogen) atoms. The largest absolute Gasteiger partial charge is 0.481 e. The predicted octanol–water partition coefficient (Wildman–Crippen LogP) is 3.58. The number of amides is 2. The lowest BCUT2D eigenvalue weighted by Crippen LogP contribution is -2.54. The third kappa shape index (κ3) is 4.33. The molecule has 6 nitrogen and oxygen atoms in total. The highest BCUT2D eigenvalue weighted by Gasteiger charge is 2.40. The first kappa shape index (κ1) is 19.0. The number of benzene rings is 1. The van der Waals surface area contributed by atoms with Gasteiger partial charge in [0, 0.05) is 5.56 Å². The molecule has 1 aromatic carbocycles. The lowest BCUT2D eigenvalue weighted by Gasteiger charge is -2.41. The number of rotatable bonds is 6. The van der Waals surface area contributed by atoms with Crippen LogP contribution >= 0.6 is 11.3 Å². The van der Waals surface area contributed by atoms with Crippen LogP contribution < -0.4 is 10.6 Å². The van der Waals surface area contributed by atoms with Gasteiger partial charge in [-0.2, -0.15) is 0 Å². The quantitative estimate of drug-likeness (QED) is 0.703. The van der Waals surface area contributed by atoms with Crippen LogP contribution in [-0.4, -0.2) is 28.4 Å². The molecular weight excluding hydrogens is 371 g/mol. The van der Waals surface area contributed by atoms with E-state index < -0.39 is 23.2 Å². The van der Waals surface area contributed by atoms with Crippen molar-refractivity contribution in [2.45, 2.75) is 38.1 Å². The molecule has 0 saturated heterocycles. The van der Waals surface area contributed by atoms with E-state index in [2.05, 4.69) is 10.6 Å². The zero-order valence-corrected chi connectivity index (χ0v) is 15.5. The number of nitrogens with one attached hydrogen (secondary N) is 2. The van der Waals surface area contributed by atoms with Gasteiger partial charge in [-0.05, 0) is 56.0 Å². The molecule has 1 saturated carbocycles. The normalized spacial score (nSPS) is 14.9. The smallest absolute Gasteiger partial charge is 0.305 e. The summed E-state index contributed by atoms with van der Waals surface area (Å²) in [5, 5.41) is 15.0. The van der Waals surface area contributed by atoms with Gasteiger partial charge in [0.15, 0.2) is 0 Å². The van der Waals surface area contributed by atoms with Crippen molar-refractivity contribution in [1.82, 2.24) is 5.32 Å². The zero-order chi connectivity index (χ0) is 19.6. The SMILES string of the molecule is Cc1cc(NC(=O)c2cccc(F)c2)sc1C(=O)NC1(CC(=O)O)CCC1. The number of aryl methyl sites for hydroxylation is 1. The van der Waals surface area contributed by atoms with E-state index in [4.69, 9.17) is 5.11 Å². The predicted molar refractivity (Wildman–Crippen MR) is 99.7 cm³/mol. The fraction of sp³-hybridized carbons (Fsp3) is 0.316. The molecule has 3 N–H and O–H groups in total. The number of carbonyl (C=O) groups is 3. The molecular formula is C19H19FN2O4S. The second-order valence-corrected chi connectivity index (χ2v) is 7.80. The maximum atomic E-state index is 13.3. The minimum Gasteiger partial charge on any atom is -0.481 e. The number of carboxylic acid groups (broad SMARTS) is 1. The molecule has 1 aromatic heterocycles. The summed E-state index contributed by atoms with van der Waals surface area (Å²) in [5.74, 6) is -2.26. The average Bonchev–Trinajstić information content (AvgIpc) is 2.92. The van der Waals surface area contributed by atoms with E-state index in [0.29, 0.717) is 28.3 Å². The fourth-order valence-corrected chi connectivity index (χ4v) is 4.08. The third-order valence-electron chi connectivity index (χ3n) is 4.63. The molecule has 0 bridgehead atoms. The molecule has 0 radical (unpaired) electrons. The molecule has 0 atom stereocenters. The first-order valence-corrected chi connectivity index (χ1v) is 9.31. The van der Waals surface area contributed by atoms with Crippen molar-refractivity contribution in [1.29, 1.82) is 0 Å². The molecule has 0 aliphatic heterocycles. The van der Waals surface area contributed by atoms with Crippen LogP contribution in [0.4, 0.5) is 9.39 Å². The van der Waals surface area contributed by atoms with Gasteiger partial charge in [-0.15, -0.1) is 11.3 Å². The van der Waals surface area contributed by atoms with Crippen molar-refractivity contribution in [2.75, 3.05) is 5.32 Å². The summed E-state index contributed by atoms with van der Waals surface area (Å²) >= 11 is 1.10. The molecule has 3 rings (SSSR count). The minimum atomic E-state index is -0.944. The van der Waals surface area contributed by atoms with Gasteiger partial charge in [-0.3, -0.25) is 14.4 Å². The standard InChI is InChI=1S/C19H19FN2O4S/c1-11-8-14(21-17(25)12-4-2-5-13(20)9-12)27-16(11)18(26)22-19(6-3-7-19)10-15(23)24/h2,4-5,8-9H,3,6-7,10H2,1H3,(H,21,25)(H,22,26)(H,23,24). The number of thiophene rings is 1. The summed E-state index contributed by atoms with van der Waals surface area (Å²) in [6, 6.07) is 7.00. The fourth-order valence-electron chi connectivity index (χ4n) is 3.12. The lowest BCUT2D eigenvalue weighted by atomic mass is 9.74. The Bertz CT molecular complexity index is 905. The lowest BCUT2D eigenvalue weighted by molar-refractivity contribution is -0.139. The van der Waals surface area contributed by atoms with Gasteiger partial charge in [-0.25, -0.2) is 4.39 Å². The number of halogens is 1. The number of aliphatic carboxylic acids is 1. The second-order valence-electron chi connectivity index (χ2n) is 6.75. The Morgan fingerprint density at radius 2 is 1.96 bits per heavy atom. The van der Waals surface area contributed by atoms with Crippen molar-refractivity contribution in [3.8, 4) is 0 Å². The van der Waals surface area contributed by atoms with Gasteiger partial charge in [-0.1, -0.05) is 6.07 Å². The monoisotopic (exact) mass is 390 g/mol. The molecule has 8 heteroatoms. The summed E-state index contributed by atoms with van der Waals surface area (Å²) in [5.41, 5.74) is 0.170. The number of carbonyl (C=O) groups excluding carboxylic acids is 2. The maximum Gasteiger partial charge on any atom is 0.305 e. The molecule has 1 aliphatic rings. The Hall–Kier alpha value is -2.74. The van der Waals surface area contributed by atoms with Crippen LogP contribution in [0.1, 0.15) is 51.3 Å². The van der Waals surface area contributed by atoms with Gasteiger partial charge < -0.3 is 15.7 Å². The van der Waals surface area contributed by atoms with Crippen LogP contribution in [-0.2, 0) is 4.79 Å². The summed E-state index contributed by atoms with van der Waals surface area (Å²) in [4.78, 5) is 36.3. The topological polar surface area (TPSA) is 95.5 Å². The summed E-state index contributed by atoms with van der Waals surface area (Å²) in [6.07, 6.45) is 2.05. The molecule has 2 aromatic rings. The van der Waals surface area contributed by atoms with Gasteiger partial charge in [0.25, 0.3) is 11.8 Å². The molecule has 1 fully saturated rings. The van der Waals surface area contributed by atoms with E-state index >= 15 is 0 Å². The van der Waals surface area contributed by atoms with Gasteiger partial charge >= 0.3 is 5.97 Å². The van der Waals surface area contributed by atoms with Gasteiger partial charge in [0.2, 0.25) is 0 Å². The molecule has 2 amide bonds. The van der Waals surface area contributed by atoms with E-state index in [1.165, 1.54) is 18.2 Å². The Morgan fingerprint density at radius 3 is 2.56 bits per heavy atom. The van der Waals surface area contributed by atoms with Crippen LogP contribution in [0.5, 0.6) is 0 Å². The Labute approximate surface area is 159 Å². The maximum absolute atomic E-state index is 13.3. The van der Waals surface area contributed by atoms with E-state index in [1.807, 2.05) is 0 Å². The van der Waals surface area contributed by atoms with Crippen molar-refractivity contribution in [3.63, 3.8) is 0 Å².